The van der Waals surface area contributed by atoms with Gasteiger partial charge in [-0.05, 0) is 38.0 Å². The van der Waals surface area contributed by atoms with Crippen molar-refractivity contribution in [2.75, 3.05) is 24.5 Å². The largest absolute Gasteiger partial charge is 0.487 e. The lowest BCUT2D eigenvalue weighted by molar-refractivity contribution is 0.212. The van der Waals surface area contributed by atoms with Crippen LogP contribution in [0.5, 0.6) is 5.75 Å². The number of nitrogens with one attached hydrogen (secondary N) is 1. The summed E-state index contributed by atoms with van der Waals surface area (Å²) in [6, 6.07) is 5.09. The van der Waals surface area contributed by atoms with Gasteiger partial charge in [0.2, 0.25) is 10.0 Å². The number of hydrogen-bond donors (Lipinski definition) is 1. The molecule has 5 nitrogen and oxygen atoms in total. The third-order valence-corrected chi connectivity index (χ3v) is 4.88. The highest BCUT2D eigenvalue weighted by atomic mass is 32.2. The summed E-state index contributed by atoms with van der Waals surface area (Å²) in [5.74, 6) is 0.761. The summed E-state index contributed by atoms with van der Waals surface area (Å²) in [6.07, 6.45) is 1.90. The Morgan fingerprint density at radius 3 is 2.76 bits per heavy atom. The van der Waals surface area contributed by atoms with E-state index in [-0.39, 0.29) is 6.10 Å². The molecule has 1 aromatic carbocycles. The van der Waals surface area contributed by atoms with Crippen LogP contribution in [0.2, 0.25) is 0 Å². The van der Waals surface area contributed by atoms with Gasteiger partial charge < -0.3 is 9.64 Å². The number of nitrogens with zero attached hydrogens (tertiary/aromatic N) is 1. The molecule has 0 aromatic heterocycles. The van der Waals surface area contributed by atoms with E-state index in [0.717, 1.165) is 37.4 Å². The van der Waals surface area contributed by atoms with Crippen molar-refractivity contribution in [3.8, 4) is 5.75 Å². The Bertz CT molecular complexity index is 587. The average molecular weight is 312 g/mol. The van der Waals surface area contributed by atoms with Gasteiger partial charge in [0.1, 0.15) is 11.9 Å². The lowest BCUT2D eigenvalue weighted by atomic mass is 10.2. The molecule has 6 heteroatoms. The van der Waals surface area contributed by atoms with E-state index in [1.165, 1.54) is 0 Å². The molecule has 1 aliphatic rings. The molecule has 1 aromatic rings. The van der Waals surface area contributed by atoms with Crippen LogP contribution in [0.1, 0.15) is 33.6 Å². The number of rotatable bonds is 6. The Hall–Kier alpha value is -1.27. The van der Waals surface area contributed by atoms with E-state index in [1.807, 2.05) is 13.8 Å². The Morgan fingerprint density at radius 2 is 2.10 bits per heavy atom. The second-order valence-electron chi connectivity index (χ2n) is 5.40. The first-order chi connectivity index (χ1) is 9.97. The van der Waals surface area contributed by atoms with Crippen LogP contribution in [0.25, 0.3) is 0 Å². The molecular weight excluding hydrogens is 288 g/mol. The van der Waals surface area contributed by atoms with E-state index in [4.69, 9.17) is 4.74 Å². The molecule has 1 aliphatic heterocycles. The summed E-state index contributed by atoms with van der Waals surface area (Å²) in [5.41, 5.74) is 0.870. The summed E-state index contributed by atoms with van der Waals surface area (Å²) in [7, 11) is -3.44. The van der Waals surface area contributed by atoms with Gasteiger partial charge in [0, 0.05) is 13.1 Å². The fourth-order valence-corrected chi connectivity index (χ4v) is 3.63. The summed E-state index contributed by atoms with van der Waals surface area (Å²) >= 11 is 0. The minimum absolute atomic E-state index is 0.115. The van der Waals surface area contributed by atoms with Crippen molar-refractivity contribution in [2.45, 2.75) is 44.6 Å². The molecule has 0 saturated carbocycles. The number of benzene rings is 1. The number of sulfonamides is 1. The number of fused-ring (bicyclic) bond motifs is 1. The molecular formula is C15H24N2O3S. The zero-order chi connectivity index (χ0) is 15.5. The zero-order valence-electron chi connectivity index (χ0n) is 12.9. The van der Waals surface area contributed by atoms with Crippen LogP contribution >= 0.6 is 0 Å². The van der Waals surface area contributed by atoms with E-state index in [0.29, 0.717) is 11.4 Å². The Morgan fingerprint density at radius 1 is 1.33 bits per heavy atom. The van der Waals surface area contributed by atoms with Crippen molar-refractivity contribution >= 4 is 15.7 Å². The molecule has 1 N–H and O–H groups in total. The van der Waals surface area contributed by atoms with Gasteiger partial charge in [-0.3, -0.25) is 0 Å². The normalized spacial score (nSPS) is 18.2. The summed E-state index contributed by atoms with van der Waals surface area (Å²) in [6.45, 7) is 8.21. The molecule has 0 saturated heterocycles. The fourth-order valence-electron chi connectivity index (χ4n) is 2.48. The molecule has 0 amide bonds. The van der Waals surface area contributed by atoms with Gasteiger partial charge in [-0.1, -0.05) is 13.8 Å². The van der Waals surface area contributed by atoms with Crippen LogP contribution in [0, 0.1) is 0 Å². The van der Waals surface area contributed by atoms with Crippen molar-refractivity contribution in [3.05, 3.63) is 18.2 Å². The van der Waals surface area contributed by atoms with Crippen molar-refractivity contribution in [2.24, 2.45) is 0 Å². The van der Waals surface area contributed by atoms with Crippen LogP contribution in [-0.4, -0.2) is 34.2 Å². The van der Waals surface area contributed by atoms with Gasteiger partial charge in [0.15, 0.2) is 0 Å². The van der Waals surface area contributed by atoms with Crippen molar-refractivity contribution in [1.29, 1.82) is 0 Å². The van der Waals surface area contributed by atoms with Crippen molar-refractivity contribution in [3.63, 3.8) is 0 Å². The predicted molar refractivity (Wildman–Crippen MR) is 84.5 cm³/mol. The smallest absolute Gasteiger partial charge is 0.240 e. The number of hydrogen-bond acceptors (Lipinski definition) is 4. The van der Waals surface area contributed by atoms with E-state index in [2.05, 4.69) is 16.5 Å². The zero-order valence-corrected chi connectivity index (χ0v) is 13.7. The molecule has 1 heterocycles. The minimum atomic E-state index is -3.44. The number of ether oxygens (including phenoxy) is 1. The maximum absolute atomic E-state index is 12.2. The molecule has 0 bridgehead atoms. The molecule has 118 valence electrons. The fraction of sp³-hybridized carbons (Fsp3) is 0.600. The third-order valence-electron chi connectivity index (χ3n) is 3.42. The molecule has 0 fully saturated rings. The first-order valence-electron chi connectivity index (χ1n) is 7.53. The SMILES string of the molecule is CCCNS(=O)(=O)c1ccc2c(c1)N(CCC)CC(C)O2. The highest BCUT2D eigenvalue weighted by Gasteiger charge is 2.25. The number of anilines is 1. The van der Waals surface area contributed by atoms with Gasteiger partial charge in [-0.15, -0.1) is 0 Å². The maximum atomic E-state index is 12.2. The van der Waals surface area contributed by atoms with Crippen LogP contribution in [0.4, 0.5) is 5.69 Å². The van der Waals surface area contributed by atoms with E-state index in [9.17, 15) is 8.42 Å². The molecule has 2 rings (SSSR count). The monoisotopic (exact) mass is 312 g/mol. The molecule has 1 atom stereocenters. The highest BCUT2D eigenvalue weighted by Crippen LogP contribution is 2.35. The van der Waals surface area contributed by atoms with Gasteiger partial charge in [-0.25, -0.2) is 13.1 Å². The van der Waals surface area contributed by atoms with E-state index in [1.54, 1.807) is 18.2 Å². The standard InChI is InChI=1S/C15H24N2O3S/c1-4-8-16-21(18,19)13-6-7-15-14(10-13)17(9-5-2)11-12(3)20-15/h6-7,10,12,16H,4-5,8-9,11H2,1-3H3. The summed E-state index contributed by atoms with van der Waals surface area (Å²) in [5, 5.41) is 0. The van der Waals surface area contributed by atoms with E-state index < -0.39 is 10.0 Å². The van der Waals surface area contributed by atoms with Crippen LogP contribution < -0.4 is 14.4 Å². The second kappa shape index (κ2) is 6.66. The predicted octanol–water partition coefficient (Wildman–Crippen LogP) is 2.37. The van der Waals surface area contributed by atoms with Gasteiger partial charge in [0.05, 0.1) is 17.1 Å². The average Bonchev–Trinajstić information content (AvgIpc) is 2.45. The molecule has 21 heavy (non-hydrogen) atoms. The lowest BCUT2D eigenvalue weighted by Gasteiger charge is -2.35. The Balaban J connectivity index is 2.35. The molecule has 1 unspecified atom stereocenters. The quantitative estimate of drug-likeness (QED) is 0.876. The summed E-state index contributed by atoms with van der Waals surface area (Å²) in [4.78, 5) is 2.50. The van der Waals surface area contributed by atoms with Crippen LogP contribution in [0.3, 0.4) is 0 Å². The van der Waals surface area contributed by atoms with Gasteiger partial charge in [-0.2, -0.15) is 0 Å². The second-order valence-corrected chi connectivity index (χ2v) is 7.17. The molecule has 0 radical (unpaired) electrons. The first-order valence-corrected chi connectivity index (χ1v) is 9.01. The van der Waals surface area contributed by atoms with Crippen molar-refractivity contribution in [1.82, 2.24) is 4.72 Å². The first kappa shape index (κ1) is 16.1. The molecule has 0 spiro atoms. The van der Waals surface area contributed by atoms with Gasteiger partial charge in [0.25, 0.3) is 0 Å². The maximum Gasteiger partial charge on any atom is 0.240 e. The van der Waals surface area contributed by atoms with Crippen LogP contribution in [0.15, 0.2) is 23.1 Å². The lowest BCUT2D eigenvalue weighted by Crippen LogP contribution is -2.39. The highest BCUT2D eigenvalue weighted by molar-refractivity contribution is 7.89. The Labute approximate surface area is 127 Å². The van der Waals surface area contributed by atoms with E-state index >= 15 is 0 Å². The topological polar surface area (TPSA) is 58.6 Å². The van der Waals surface area contributed by atoms with Crippen molar-refractivity contribution < 1.29 is 13.2 Å². The van der Waals surface area contributed by atoms with Gasteiger partial charge >= 0.3 is 0 Å². The summed E-state index contributed by atoms with van der Waals surface area (Å²) < 4.78 is 32.9. The third kappa shape index (κ3) is 3.68. The minimum Gasteiger partial charge on any atom is -0.487 e. The Kier molecular flexibility index (Phi) is 5.11. The molecule has 0 aliphatic carbocycles. The van der Waals surface area contributed by atoms with Crippen LogP contribution in [-0.2, 0) is 10.0 Å².